The number of amides is 2. The molecule has 6 rings (SSSR count). The number of fused-ring (bicyclic) bond motifs is 1. The minimum Gasteiger partial charge on any atom is -0.436 e. The van der Waals surface area contributed by atoms with Gasteiger partial charge in [0.2, 0.25) is 0 Å². The van der Waals surface area contributed by atoms with E-state index in [0.29, 0.717) is 44.7 Å². The molecule has 2 N–H and O–H groups in total. The van der Waals surface area contributed by atoms with Crippen molar-refractivity contribution in [3.8, 4) is 0 Å². The van der Waals surface area contributed by atoms with Gasteiger partial charge in [-0.25, -0.2) is 4.79 Å². The molecule has 0 saturated carbocycles. The van der Waals surface area contributed by atoms with Gasteiger partial charge in [-0.3, -0.25) is 14.6 Å². The first-order chi connectivity index (χ1) is 21.4. The van der Waals surface area contributed by atoms with Crippen molar-refractivity contribution in [3.63, 3.8) is 0 Å². The molecule has 2 aromatic rings. The van der Waals surface area contributed by atoms with Crippen LogP contribution in [0.1, 0.15) is 36.8 Å². The van der Waals surface area contributed by atoms with E-state index in [1.165, 1.54) is 11.3 Å². The molecule has 1 atom stereocenters. The lowest BCUT2D eigenvalue weighted by atomic mass is 10.0. The number of nitrogens with one attached hydrogen (secondary N) is 2. The summed E-state index contributed by atoms with van der Waals surface area (Å²) in [6.45, 7) is 8.27. The van der Waals surface area contributed by atoms with Gasteiger partial charge in [0.15, 0.2) is 6.10 Å². The third kappa shape index (κ3) is 7.78. The number of para-hydroxylation sites is 1. The maximum absolute atomic E-state index is 13.9. The molecular weight excluding hydrogens is 688 g/mol. The van der Waals surface area contributed by atoms with Crippen LogP contribution >= 0.6 is 31.9 Å². The van der Waals surface area contributed by atoms with Crippen molar-refractivity contribution in [2.75, 3.05) is 70.9 Å². The Hall–Kier alpha value is -2.18. The summed E-state index contributed by atoms with van der Waals surface area (Å²) >= 11 is 7.12. The van der Waals surface area contributed by atoms with E-state index in [2.05, 4.69) is 76.6 Å². The summed E-state index contributed by atoms with van der Waals surface area (Å²) in [5.74, 6) is -0.0903. The van der Waals surface area contributed by atoms with E-state index >= 15 is 0 Å². The first-order valence-corrected chi connectivity index (χ1v) is 17.7. The molecule has 0 spiro atoms. The number of likely N-dealkylation sites (tertiary alicyclic amines) is 1. The zero-order chi connectivity index (χ0) is 30.5. The molecule has 4 aliphatic heterocycles. The van der Waals surface area contributed by atoms with E-state index in [9.17, 15) is 9.59 Å². The van der Waals surface area contributed by atoms with Crippen LogP contribution in [0.3, 0.4) is 0 Å². The molecule has 238 valence electrons. The molecule has 2 amide bonds. The van der Waals surface area contributed by atoms with E-state index < -0.39 is 6.10 Å². The Morgan fingerprint density at radius 1 is 0.818 bits per heavy atom. The van der Waals surface area contributed by atoms with Gasteiger partial charge in [0.1, 0.15) is 0 Å². The van der Waals surface area contributed by atoms with Gasteiger partial charge in [0, 0.05) is 79.0 Å². The van der Waals surface area contributed by atoms with Gasteiger partial charge in [0.05, 0.1) is 6.67 Å². The highest BCUT2D eigenvalue weighted by atomic mass is 79.9. The molecule has 3 saturated heterocycles. The maximum Gasteiger partial charge on any atom is 0.410 e. The zero-order valence-corrected chi connectivity index (χ0v) is 28.5. The quantitative estimate of drug-likeness (QED) is 0.452. The molecule has 0 aromatic heterocycles. The molecular formula is C33H44Br2N6O3. The van der Waals surface area contributed by atoms with Gasteiger partial charge in [0.25, 0.3) is 5.91 Å². The summed E-state index contributed by atoms with van der Waals surface area (Å²) in [4.78, 5) is 36.2. The molecule has 44 heavy (non-hydrogen) atoms. The van der Waals surface area contributed by atoms with Crippen LogP contribution in [-0.2, 0) is 22.4 Å². The Morgan fingerprint density at radius 3 is 2.30 bits per heavy atom. The molecule has 0 bridgehead atoms. The number of hydrogen-bond acceptors (Lipinski definition) is 7. The maximum atomic E-state index is 13.9. The monoisotopic (exact) mass is 730 g/mol. The fraction of sp³-hybridized carbons (Fsp3) is 0.576. The lowest BCUT2D eigenvalue weighted by Gasteiger charge is -2.41. The van der Waals surface area contributed by atoms with Gasteiger partial charge in [-0.15, -0.1) is 0 Å². The number of halogens is 2. The Balaban J connectivity index is 1.06. The summed E-state index contributed by atoms with van der Waals surface area (Å²) in [6.07, 6.45) is 4.24. The number of piperazine rings is 1. The predicted molar refractivity (Wildman–Crippen MR) is 180 cm³/mol. The normalized spacial score (nSPS) is 21.7. The Morgan fingerprint density at radius 2 is 1.55 bits per heavy atom. The third-order valence-electron chi connectivity index (χ3n) is 9.77. The van der Waals surface area contributed by atoms with E-state index in [-0.39, 0.29) is 12.0 Å². The highest BCUT2D eigenvalue weighted by Crippen LogP contribution is 2.27. The second kappa shape index (κ2) is 14.9. The Labute approximate surface area is 277 Å². The number of carbonyl (C=O) groups is 2. The first-order valence-electron chi connectivity index (χ1n) is 16.1. The third-order valence-corrected chi connectivity index (χ3v) is 11.7. The van der Waals surface area contributed by atoms with Gasteiger partial charge in [-0.2, -0.15) is 0 Å². The summed E-state index contributed by atoms with van der Waals surface area (Å²) in [5, 5.41) is 7.04. The van der Waals surface area contributed by atoms with Gasteiger partial charge < -0.3 is 25.2 Å². The minimum absolute atomic E-state index is 0.0903. The van der Waals surface area contributed by atoms with Crippen LogP contribution in [0, 0.1) is 0 Å². The Bertz CT molecular complexity index is 1270. The van der Waals surface area contributed by atoms with Crippen LogP contribution in [0.15, 0.2) is 51.4 Å². The second-order valence-corrected chi connectivity index (χ2v) is 14.1. The topological polar surface area (TPSA) is 80.4 Å². The number of rotatable bonds is 6. The van der Waals surface area contributed by atoms with Crippen molar-refractivity contribution >= 4 is 49.5 Å². The molecule has 4 aliphatic rings. The second-order valence-electron chi connectivity index (χ2n) is 12.4. The molecule has 9 nitrogen and oxygen atoms in total. The zero-order valence-electron chi connectivity index (χ0n) is 25.4. The van der Waals surface area contributed by atoms with Crippen molar-refractivity contribution < 1.29 is 14.3 Å². The smallest absolute Gasteiger partial charge is 0.410 e. The molecule has 1 unspecified atom stereocenters. The van der Waals surface area contributed by atoms with Crippen molar-refractivity contribution in [2.24, 2.45) is 0 Å². The summed E-state index contributed by atoms with van der Waals surface area (Å²) in [6, 6.07) is 15.5. The lowest BCUT2D eigenvalue weighted by molar-refractivity contribution is -0.143. The molecule has 4 heterocycles. The number of hydrogen-bond donors (Lipinski definition) is 2. The van der Waals surface area contributed by atoms with Crippen LogP contribution in [0.2, 0.25) is 0 Å². The number of ether oxygens (including phenoxy) is 1. The average molecular weight is 733 g/mol. The predicted octanol–water partition coefficient (Wildman–Crippen LogP) is 4.55. The molecule has 0 aliphatic carbocycles. The molecule has 0 radical (unpaired) electrons. The highest BCUT2D eigenvalue weighted by Gasteiger charge is 2.35. The fourth-order valence-corrected chi connectivity index (χ4v) is 7.78. The van der Waals surface area contributed by atoms with Crippen LogP contribution < -0.4 is 10.6 Å². The fourth-order valence-electron chi connectivity index (χ4n) is 7.11. The summed E-state index contributed by atoms with van der Waals surface area (Å²) < 4.78 is 7.95. The average Bonchev–Trinajstić information content (AvgIpc) is 3.29. The standard InChI is InChI=1S/C33H44Br2N6O3/c34-28-6-5-24(21-29(28)35)22-31(32(42)39-19-17-38(18-20-39)26-7-12-36-13-8-26)44-33(43)40-15-10-27(11-16-40)41-14-9-25-3-1-2-4-30(25)37-23-41/h1-6,21,26-27,31,36-37H,7-20,22-23H2. The van der Waals surface area contributed by atoms with Gasteiger partial charge >= 0.3 is 6.09 Å². The number of nitrogens with zero attached hydrogens (tertiary/aromatic N) is 4. The van der Waals surface area contributed by atoms with Crippen molar-refractivity contribution in [1.29, 1.82) is 0 Å². The molecule has 11 heteroatoms. The van der Waals surface area contributed by atoms with E-state index in [1.54, 1.807) is 4.90 Å². The van der Waals surface area contributed by atoms with Crippen molar-refractivity contribution in [3.05, 3.63) is 62.5 Å². The lowest BCUT2D eigenvalue weighted by Crippen LogP contribution is -2.56. The SMILES string of the molecule is O=C(OC(Cc1ccc(Br)c(Br)c1)C(=O)N1CCN(C2CCNCC2)CC1)N1CCC(N2CCc3ccccc3NC2)CC1. The summed E-state index contributed by atoms with van der Waals surface area (Å²) in [7, 11) is 0. The summed E-state index contributed by atoms with van der Waals surface area (Å²) in [5.41, 5.74) is 3.53. The number of anilines is 1. The van der Waals surface area contributed by atoms with Gasteiger partial charge in [-0.1, -0.05) is 24.3 Å². The van der Waals surface area contributed by atoms with Gasteiger partial charge in [-0.05, 0) is 106 Å². The Kier molecular flexibility index (Phi) is 10.8. The van der Waals surface area contributed by atoms with Crippen molar-refractivity contribution in [2.45, 2.75) is 56.7 Å². The van der Waals surface area contributed by atoms with Crippen LogP contribution in [-0.4, -0.2) is 115 Å². The first kappa shape index (κ1) is 31.8. The number of piperidine rings is 2. The van der Waals surface area contributed by atoms with Crippen LogP contribution in [0.4, 0.5) is 10.5 Å². The van der Waals surface area contributed by atoms with Crippen molar-refractivity contribution in [1.82, 2.24) is 24.9 Å². The molecule has 3 fully saturated rings. The minimum atomic E-state index is -0.855. The van der Waals surface area contributed by atoms with E-state index in [4.69, 9.17) is 4.74 Å². The number of benzene rings is 2. The van der Waals surface area contributed by atoms with E-state index in [1.807, 2.05) is 23.1 Å². The molecule has 2 aromatic carbocycles. The van der Waals surface area contributed by atoms with Crippen LogP contribution in [0.25, 0.3) is 0 Å². The number of carbonyl (C=O) groups excluding carboxylic acids is 2. The van der Waals surface area contributed by atoms with E-state index in [0.717, 1.165) is 86.0 Å². The van der Waals surface area contributed by atoms with Crippen LogP contribution in [0.5, 0.6) is 0 Å². The highest BCUT2D eigenvalue weighted by molar-refractivity contribution is 9.13. The largest absolute Gasteiger partial charge is 0.436 e.